The van der Waals surface area contributed by atoms with Crippen LogP contribution in [0.5, 0.6) is 0 Å². The van der Waals surface area contributed by atoms with Crippen molar-refractivity contribution in [3.63, 3.8) is 0 Å². The van der Waals surface area contributed by atoms with Gasteiger partial charge in [-0.15, -0.1) is 0 Å². The molecule has 4 heterocycles. The Kier molecular flexibility index (Phi) is 6.40. The first kappa shape index (κ1) is 21.4. The summed E-state index contributed by atoms with van der Waals surface area (Å²) in [6, 6.07) is 16.4. The molecule has 0 bridgehead atoms. The highest BCUT2D eigenvalue weighted by molar-refractivity contribution is 5.60. The van der Waals surface area contributed by atoms with Crippen LogP contribution in [-0.4, -0.2) is 33.0 Å². The van der Waals surface area contributed by atoms with Crippen LogP contribution in [0.15, 0.2) is 73.3 Å². The fraction of sp³-hybridized carbons (Fsp3) is 0.231. The third-order valence-electron chi connectivity index (χ3n) is 5.26. The summed E-state index contributed by atoms with van der Waals surface area (Å²) in [4.78, 5) is 22.8. The van der Waals surface area contributed by atoms with E-state index in [1.807, 2.05) is 49.1 Å². The van der Waals surface area contributed by atoms with Crippen molar-refractivity contribution in [2.45, 2.75) is 27.7 Å². The summed E-state index contributed by atoms with van der Waals surface area (Å²) in [5.74, 6) is 3.49. The Balaban J connectivity index is 1.71. The number of aromatic nitrogens is 4. The van der Waals surface area contributed by atoms with Crippen molar-refractivity contribution in [1.82, 2.24) is 19.9 Å². The van der Waals surface area contributed by atoms with Crippen molar-refractivity contribution in [3.8, 4) is 0 Å². The molecule has 0 N–H and O–H groups in total. The lowest BCUT2D eigenvalue weighted by molar-refractivity contribution is 0.840. The minimum atomic E-state index is 0.665. The third kappa shape index (κ3) is 5.09. The van der Waals surface area contributed by atoms with Gasteiger partial charge in [-0.05, 0) is 98.5 Å². The van der Waals surface area contributed by atoms with Gasteiger partial charge in [0.2, 0.25) is 0 Å². The highest BCUT2D eigenvalue weighted by Gasteiger charge is 2.18. The molecule has 0 aliphatic rings. The second-order valence-corrected chi connectivity index (χ2v) is 8.07. The Morgan fingerprint density at radius 1 is 0.469 bits per heavy atom. The van der Waals surface area contributed by atoms with E-state index in [2.05, 4.69) is 81.7 Å². The van der Waals surface area contributed by atoms with E-state index < -0.39 is 0 Å². The first-order valence-corrected chi connectivity index (χ1v) is 10.8. The molecule has 0 atom stereocenters. The molecule has 4 aromatic heterocycles. The van der Waals surface area contributed by atoms with E-state index in [4.69, 9.17) is 0 Å². The Hall–Kier alpha value is -3.80. The molecule has 0 amide bonds. The topological polar surface area (TPSA) is 58.0 Å². The standard InChI is InChI=1S/C26H28N6/c1-19-5-9-27-23(15-19)31(24-16-20(2)6-10-28-24)13-14-32(25-17-21(3)7-11-29-25)26-18-22(4)8-12-30-26/h5-12,15-18H,13-14H2,1-4H3. The summed E-state index contributed by atoms with van der Waals surface area (Å²) < 4.78 is 0. The minimum Gasteiger partial charge on any atom is -0.309 e. The van der Waals surface area contributed by atoms with Crippen molar-refractivity contribution in [2.24, 2.45) is 0 Å². The first-order chi connectivity index (χ1) is 15.5. The minimum absolute atomic E-state index is 0.665. The Bertz CT molecular complexity index is 1020. The second-order valence-electron chi connectivity index (χ2n) is 8.07. The monoisotopic (exact) mass is 424 g/mol. The maximum absolute atomic E-state index is 4.63. The van der Waals surface area contributed by atoms with Gasteiger partial charge in [-0.3, -0.25) is 0 Å². The fourth-order valence-electron chi connectivity index (χ4n) is 3.56. The lowest BCUT2D eigenvalue weighted by Crippen LogP contribution is -2.32. The average molecular weight is 425 g/mol. The number of aryl methyl sites for hydroxylation is 4. The lowest BCUT2D eigenvalue weighted by Gasteiger charge is -2.29. The van der Waals surface area contributed by atoms with Crippen LogP contribution in [0.1, 0.15) is 22.3 Å². The van der Waals surface area contributed by atoms with Gasteiger partial charge < -0.3 is 9.80 Å². The van der Waals surface area contributed by atoms with Gasteiger partial charge in [-0.1, -0.05) is 0 Å². The number of pyridine rings is 4. The van der Waals surface area contributed by atoms with Gasteiger partial charge in [0.05, 0.1) is 0 Å². The largest absolute Gasteiger partial charge is 0.309 e. The molecular formula is C26H28N6. The number of rotatable bonds is 7. The fourth-order valence-corrected chi connectivity index (χ4v) is 3.56. The second kappa shape index (κ2) is 9.56. The SMILES string of the molecule is Cc1ccnc(N(CCN(c2cc(C)ccn2)c2cc(C)ccn2)c2cc(C)ccn2)c1. The van der Waals surface area contributed by atoms with Crippen LogP contribution in [0, 0.1) is 27.7 Å². The first-order valence-electron chi connectivity index (χ1n) is 10.8. The molecule has 0 aliphatic carbocycles. The molecule has 0 fully saturated rings. The molecule has 0 radical (unpaired) electrons. The number of hydrogen-bond acceptors (Lipinski definition) is 6. The van der Waals surface area contributed by atoms with Gasteiger partial charge in [0.25, 0.3) is 0 Å². The molecule has 6 heteroatoms. The van der Waals surface area contributed by atoms with Gasteiger partial charge in [0.15, 0.2) is 0 Å². The maximum Gasteiger partial charge on any atom is 0.134 e. The number of anilines is 4. The Morgan fingerprint density at radius 2 is 0.719 bits per heavy atom. The van der Waals surface area contributed by atoms with Crippen LogP contribution in [-0.2, 0) is 0 Å². The smallest absolute Gasteiger partial charge is 0.134 e. The van der Waals surface area contributed by atoms with E-state index in [-0.39, 0.29) is 0 Å². The van der Waals surface area contributed by atoms with Crippen molar-refractivity contribution >= 4 is 23.3 Å². The highest BCUT2D eigenvalue weighted by atomic mass is 15.3. The third-order valence-corrected chi connectivity index (χ3v) is 5.26. The quantitative estimate of drug-likeness (QED) is 0.392. The van der Waals surface area contributed by atoms with E-state index >= 15 is 0 Å². The molecule has 0 saturated heterocycles. The van der Waals surface area contributed by atoms with Crippen molar-refractivity contribution < 1.29 is 0 Å². The molecule has 0 aromatic carbocycles. The zero-order chi connectivity index (χ0) is 22.5. The predicted octanol–water partition coefficient (Wildman–Crippen LogP) is 5.48. The van der Waals surface area contributed by atoms with Crippen LogP contribution in [0.25, 0.3) is 0 Å². The summed E-state index contributed by atoms with van der Waals surface area (Å²) in [6.45, 7) is 9.63. The van der Waals surface area contributed by atoms with Gasteiger partial charge >= 0.3 is 0 Å². The molecule has 162 valence electrons. The van der Waals surface area contributed by atoms with E-state index in [9.17, 15) is 0 Å². The molecule has 0 saturated carbocycles. The normalized spacial score (nSPS) is 10.8. The van der Waals surface area contributed by atoms with E-state index in [1.165, 1.54) is 0 Å². The predicted molar refractivity (Wildman–Crippen MR) is 130 cm³/mol. The summed E-state index contributed by atoms with van der Waals surface area (Å²) >= 11 is 0. The van der Waals surface area contributed by atoms with Crippen molar-refractivity contribution in [3.05, 3.63) is 95.6 Å². The van der Waals surface area contributed by atoms with E-state index in [0.717, 1.165) is 45.5 Å². The molecule has 6 nitrogen and oxygen atoms in total. The van der Waals surface area contributed by atoms with Gasteiger partial charge in [-0.25, -0.2) is 19.9 Å². The van der Waals surface area contributed by atoms with Crippen LogP contribution in [0.3, 0.4) is 0 Å². The maximum atomic E-state index is 4.63. The zero-order valence-electron chi connectivity index (χ0n) is 19.0. The average Bonchev–Trinajstić information content (AvgIpc) is 2.77. The highest BCUT2D eigenvalue weighted by Crippen LogP contribution is 2.26. The Morgan fingerprint density at radius 3 is 0.938 bits per heavy atom. The molecule has 0 spiro atoms. The van der Waals surface area contributed by atoms with E-state index in [0.29, 0.717) is 13.1 Å². The van der Waals surface area contributed by atoms with Crippen LogP contribution >= 0.6 is 0 Å². The summed E-state index contributed by atoms with van der Waals surface area (Å²) in [6.07, 6.45) is 7.37. The molecule has 32 heavy (non-hydrogen) atoms. The molecule has 4 aromatic rings. The Labute approximate surface area is 189 Å². The zero-order valence-corrected chi connectivity index (χ0v) is 19.0. The van der Waals surface area contributed by atoms with E-state index in [1.54, 1.807) is 0 Å². The van der Waals surface area contributed by atoms with Crippen molar-refractivity contribution in [1.29, 1.82) is 0 Å². The summed E-state index contributed by atoms with van der Waals surface area (Å²) in [5.41, 5.74) is 4.63. The summed E-state index contributed by atoms with van der Waals surface area (Å²) in [7, 11) is 0. The van der Waals surface area contributed by atoms with Gasteiger partial charge in [0.1, 0.15) is 23.3 Å². The number of hydrogen-bond donors (Lipinski definition) is 0. The van der Waals surface area contributed by atoms with Crippen LogP contribution < -0.4 is 9.80 Å². The van der Waals surface area contributed by atoms with Crippen molar-refractivity contribution in [2.75, 3.05) is 22.9 Å². The lowest BCUT2D eigenvalue weighted by atomic mass is 10.2. The van der Waals surface area contributed by atoms with Gasteiger partial charge in [0, 0.05) is 37.9 Å². The van der Waals surface area contributed by atoms with Crippen LogP contribution in [0.4, 0.5) is 23.3 Å². The van der Waals surface area contributed by atoms with Gasteiger partial charge in [-0.2, -0.15) is 0 Å². The van der Waals surface area contributed by atoms with Crippen LogP contribution in [0.2, 0.25) is 0 Å². The molecular weight excluding hydrogens is 396 g/mol. The molecule has 0 unspecified atom stereocenters. The number of nitrogens with zero attached hydrogens (tertiary/aromatic N) is 6. The molecule has 4 rings (SSSR count). The summed E-state index contributed by atoms with van der Waals surface area (Å²) in [5, 5.41) is 0. The molecule has 0 aliphatic heterocycles.